The van der Waals surface area contributed by atoms with Gasteiger partial charge in [-0.05, 0) is 53.5 Å². The van der Waals surface area contributed by atoms with Crippen molar-refractivity contribution in [1.82, 2.24) is 25.2 Å². The van der Waals surface area contributed by atoms with E-state index in [0.29, 0.717) is 33.9 Å². The van der Waals surface area contributed by atoms with Gasteiger partial charge in [-0.15, -0.1) is 12.4 Å². The molecule has 1 aliphatic rings. The average molecular weight is 401 g/mol. The first-order valence-electron chi connectivity index (χ1n) is 7.15. The fraction of sp³-hybridized carbons (Fsp3) is 0.357. The van der Waals surface area contributed by atoms with Crippen LogP contribution in [0.1, 0.15) is 18.9 Å². The number of hydrogen-bond donors (Lipinski definition) is 1. The maximum absolute atomic E-state index is 5.42. The van der Waals surface area contributed by atoms with E-state index in [1.54, 1.807) is 12.1 Å². The van der Waals surface area contributed by atoms with Crippen molar-refractivity contribution < 1.29 is 8.94 Å². The Labute approximate surface area is 147 Å². The monoisotopic (exact) mass is 399 g/mol. The summed E-state index contributed by atoms with van der Waals surface area (Å²) in [5.41, 5.74) is 0.676. The minimum Gasteiger partial charge on any atom is -0.446 e. The number of nitrogens with one attached hydrogen (secondary N) is 1. The molecule has 1 unspecified atom stereocenters. The Morgan fingerprint density at radius 1 is 1.30 bits per heavy atom. The lowest BCUT2D eigenvalue weighted by Gasteiger charge is -2.22. The second kappa shape index (κ2) is 6.86. The fourth-order valence-electron chi connectivity index (χ4n) is 2.58. The molecular weight excluding hydrogens is 386 g/mol. The van der Waals surface area contributed by atoms with Crippen LogP contribution in [0.5, 0.6) is 0 Å². The van der Waals surface area contributed by atoms with E-state index < -0.39 is 0 Å². The summed E-state index contributed by atoms with van der Waals surface area (Å²) in [7, 11) is 0. The molecule has 1 N–H and O–H groups in total. The maximum atomic E-state index is 5.42. The number of rotatable bonds is 3. The SMILES string of the molecule is Brc1ccc(-c2noc(-c3ccn(C4CCCNC4)n3)n2)o1.Cl. The molecule has 0 spiro atoms. The maximum Gasteiger partial charge on any atom is 0.278 e. The van der Waals surface area contributed by atoms with Gasteiger partial charge < -0.3 is 14.3 Å². The lowest BCUT2D eigenvalue weighted by Crippen LogP contribution is -2.31. The molecule has 0 amide bonds. The van der Waals surface area contributed by atoms with Crippen molar-refractivity contribution in [3.63, 3.8) is 0 Å². The van der Waals surface area contributed by atoms with Crippen LogP contribution >= 0.6 is 28.3 Å². The van der Waals surface area contributed by atoms with Crippen LogP contribution in [0.25, 0.3) is 23.2 Å². The molecule has 4 rings (SSSR count). The summed E-state index contributed by atoms with van der Waals surface area (Å²) < 4.78 is 13.3. The summed E-state index contributed by atoms with van der Waals surface area (Å²) in [6.45, 7) is 2.02. The highest BCUT2D eigenvalue weighted by atomic mass is 79.9. The van der Waals surface area contributed by atoms with E-state index in [-0.39, 0.29) is 12.4 Å². The molecule has 0 radical (unpaired) electrons. The molecule has 0 aromatic carbocycles. The van der Waals surface area contributed by atoms with Gasteiger partial charge in [0.2, 0.25) is 5.82 Å². The summed E-state index contributed by atoms with van der Waals surface area (Å²) >= 11 is 3.25. The first kappa shape index (κ1) is 16.2. The first-order valence-corrected chi connectivity index (χ1v) is 7.94. The molecule has 3 aromatic rings. The highest BCUT2D eigenvalue weighted by Crippen LogP contribution is 2.25. The molecule has 7 nitrogen and oxygen atoms in total. The van der Waals surface area contributed by atoms with Crippen molar-refractivity contribution in [3.05, 3.63) is 29.1 Å². The number of aromatic nitrogens is 4. The molecule has 9 heteroatoms. The molecule has 1 aliphatic heterocycles. The largest absolute Gasteiger partial charge is 0.446 e. The second-order valence-corrected chi connectivity index (χ2v) is 5.99. The van der Waals surface area contributed by atoms with Gasteiger partial charge in [-0.3, -0.25) is 4.68 Å². The number of furan rings is 1. The summed E-state index contributed by atoms with van der Waals surface area (Å²) in [5, 5.41) is 11.9. The van der Waals surface area contributed by atoms with Gasteiger partial charge in [-0.25, -0.2) is 0 Å². The van der Waals surface area contributed by atoms with E-state index in [1.165, 1.54) is 0 Å². The van der Waals surface area contributed by atoms with Crippen molar-refractivity contribution in [2.45, 2.75) is 18.9 Å². The lowest BCUT2D eigenvalue weighted by molar-refractivity contribution is 0.346. The average Bonchev–Trinajstić information content (AvgIpc) is 3.27. The standard InChI is InChI=1S/C14H14BrN5O2.ClH/c15-12-4-3-11(21-12)13-17-14(22-19-13)10-5-7-20(18-10)9-2-1-6-16-8-9;/h3-5,7,9,16H,1-2,6,8H2;1H. The Morgan fingerprint density at radius 2 is 2.22 bits per heavy atom. The number of piperidine rings is 1. The van der Waals surface area contributed by atoms with Gasteiger partial charge >= 0.3 is 0 Å². The van der Waals surface area contributed by atoms with Gasteiger partial charge in [0.15, 0.2) is 16.1 Å². The van der Waals surface area contributed by atoms with E-state index in [2.05, 4.69) is 36.5 Å². The highest BCUT2D eigenvalue weighted by molar-refractivity contribution is 9.10. The van der Waals surface area contributed by atoms with Gasteiger partial charge in [0.1, 0.15) is 0 Å². The van der Waals surface area contributed by atoms with Crippen molar-refractivity contribution >= 4 is 28.3 Å². The van der Waals surface area contributed by atoms with Gasteiger partial charge in [-0.2, -0.15) is 10.1 Å². The third-order valence-electron chi connectivity index (χ3n) is 3.69. The van der Waals surface area contributed by atoms with Crippen LogP contribution in [0.3, 0.4) is 0 Å². The third-order valence-corrected chi connectivity index (χ3v) is 4.12. The van der Waals surface area contributed by atoms with E-state index in [1.807, 2.05) is 16.9 Å². The van der Waals surface area contributed by atoms with E-state index >= 15 is 0 Å². The molecule has 0 bridgehead atoms. The predicted molar refractivity (Wildman–Crippen MR) is 89.3 cm³/mol. The highest BCUT2D eigenvalue weighted by Gasteiger charge is 2.19. The summed E-state index contributed by atoms with van der Waals surface area (Å²) in [4.78, 5) is 4.34. The Balaban J connectivity index is 0.00000156. The van der Waals surface area contributed by atoms with Crippen LogP contribution in [0, 0.1) is 0 Å². The van der Waals surface area contributed by atoms with Crippen LogP contribution in [0.2, 0.25) is 0 Å². The van der Waals surface area contributed by atoms with Gasteiger partial charge in [0.25, 0.3) is 5.89 Å². The van der Waals surface area contributed by atoms with Crippen molar-refractivity contribution in [1.29, 1.82) is 0 Å². The number of halogens is 2. The van der Waals surface area contributed by atoms with Gasteiger partial charge in [0, 0.05) is 12.7 Å². The molecule has 4 heterocycles. The molecule has 23 heavy (non-hydrogen) atoms. The Morgan fingerprint density at radius 3 is 2.96 bits per heavy atom. The molecule has 122 valence electrons. The zero-order valence-electron chi connectivity index (χ0n) is 12.1. The molecule has 1 fully saturated rings. The number of hydrogen-bond acceptors (Lipinski definition) is 6. The smallest absolute Gasteiger partial charge is 0.278 e. The Kier molecular flexibility index (Phi) is 4.84. The fourth-order valence-corrected chi connectivity index (χ4v) is 2.88. The van der Waals surface area contributed by atoms with Crippen molar-refractivity contribution in [2.75, 3.05) is 13.1 Å². The Hall–Kier alpha value is -1.64. The van der Waals surface area contributed by atoms with E-state index in [0.717, 1.165) is 25.9 Å². The zero-order chi connectivity index (χ0) is 14.9. The summed E-state index contributed by atoms with van der Waals surface area (Å²) in [6.07, 6.45) is 4.25. The topological polar surface area (TPSA) is 81.9 Å². The van der Waals surface area contributed by atoms with E-state index in [4.69, 9.17) is 8.94 Å². The molecule has 0 aliphatic carbocycles. The lowest BCUT2D eigenvalue weighted by atomic mass is 10.1. The normalized spacial score (nSPS) is 17.9. The van der Waals surface area contributed by atoms with Crippen LogP contribution in [0.4, 0.5) is 0 Å². The predicted octanol–water partition coefficient (Wildman–Crippen LogP) is 3.30. The van der Waals surface area contributed by atoms with Crippen LogP contribution < -0.4 is 5.32 Å². The van der Waals surface area contributed by atoms with E-state index in [9.17, 15) is 0 Å². The number of nitrogens with zero attached hydrogens (tertiary/aromatic N) is 4. The summed E-state index contributed by atoms with van der Waals surface area (Å²) in [5.74, 6) is 1.36. The molecule has 0 saturated carbocycles. The van der Waals surface area contributed by atoms with Crippen LogP contribution in [-0.4, -0.2) is 33.0 Å². The van der Waals surface area contributed by atoms with Crippen LogP contribution in [-0.2, 0) is 0 Å². The third kappa shape index (κ3) is 3.34. The van der Waals surface area contributed by atoms with Gasteiger partial charge in [0.05, 0.1) is 6.04 Å². The quantitative estimate of drug-likeness (QED) is 0.726. The van der Waals surface area contributed by atoms with Crippen LogP contribution in [0.15, 0.2) is 38.0 Å². The molecule has 1 saturated heterocycles. The molecular formula is C14H15BrClN5O2. The molecule has 3 aromatic heterocycles. The summed E-state index contributed by atoms with van der Waals surface area (Å²) in [6, 6.07) is 5.84. The second-order valence-electron chi connectivity index (χ2n) is 5.21. The minimum atomic E-state index is 0. The first-order chi connectivity index (χ1) is 10.8. The zero-order valence-corrected chi connectivity index (χ0v) is 14.5. The Bertz CT molecular complexity index is 778. The molecule has 1 atom stereocenters. The van der Waals surface area contributed by atoms with Crippen molar-refractivity contribution in [2.24, 2.45) is 0 Å². The van der Waals surface area contributed by atoms with Gasteiger partial charge in [-0.1, -0.05) is 5.16 Å². The minimum absolute atomic E-state index is 0. The van der Waals surface area contributed by atoms with Crippen molar-refractivity contribution in [3.8, 4) is 23.2 Å².